The summed E-state index contributed by atoms with van der Waals surface area (Å²) >= 11 is 1.43. The molecule has 100 valence electrons. The number of hydrogen-bond acceptors (Lipinski definition) is 4. The number of hydrogen-bond donors (Lipinski definition) is 0. The van der Waals surface area contributed by atoms with E-state index in [4.69, 9.17) is 4.74 Å². The van der Waals surface area contributed by atoms with Gasteiger partial charge >= 0.3 is 0 Å². The molecule has 1 saturated heterocycles. The van der Waals surface area contributed by atoms with Gasteiger partial charge in [0.25, 0.3) is 10.0 Å². The highest BCUT2D eigenvalue weighted by atomic mass is 32.2. The summed E-state index contributed by atoms with van der Waals surface area (Å²) in [7, 11) is -3.30. The summed E-state index contributed by atoms with van der Waals surface area (Å²) in [4.78, 5) is 1.20. The van der Waals surface area contributed by atoms with Crippen LogP contribution in [0.3, 0.4) is 0 Å². The van der Waals surface area contributed by atoms with E-state index in [0.717, 1.165) is 0 Å². The molecule has 0 spiro atoms. The van der Waals surface area contributed by atoms with Gasteiger partial charge in [0.2, 0.25) is 0 Å². The number of rotatable bonds is 3. The van der Waals surface area contributed by atoms with Crippen molar-refractivity contribution in [1.29, 1.82) is 0 Å². The Hall–Kier alpha value is -0.430. The molecule has 1 saturated carbocycles. The number of thiophene rings is 1. The van der Waals surface area contributed by atoms with E-state index in [2.05, 4.69) is 6.92 Å². The maximum Gasteiger partial charge on any atom is 0.252 e. The lowest BCUT2D eigenvalue weighted by Crippen LogP contribution is -2.40. The van der Waals surface area contributed by atoms with E-state index < -0.39 is 10.0 Å². The normalized spacial score (nSPS) is 24.1. The van der Waals surface area contributed by atoms with Gasteiger partial charge in [-0.15, -0.1) is 11.3 Å². The van der Waals surface area contributed by atoms with Crippen LogP contribution in [0.1, 0.15) is 24.6 Å². The average molecular weight is 287 g/mol. The lowest BCUT2D eigenvalue weighted by molar-refractivity contribution is 0.0731. The third-order valence-electron chi connectivity index (χ3n) is 3.74. The highest BCUT2D eigenvalue weighted by molar-refractivity contribution is 7.91. The molecule has 0 amide bonds. The van der Waals surface area contributed by atoms with Gasteiger partial charge in [0, 0.05) is 23.4 Å². The highest BCUT2D eigenvalue weighted by Gasteiger charge is 2.41. The minimum atomic E-state index is -3.30. The van der Waals surface area contributed by atoms with Crippen molar-refractivity contribution in [2.24, 2.45) is 0 Å². The second-order valence-corrected chi connectivity index (χ2v) is 8.44. The molecule has 1 aromatic heterocycles. The number of morpholine rings is 1. The molecule has 0 atom stereocenters. The topological polar surface area (TPSA) is 46.6 Å². The molecule has 2 heterocycles. The molecule has 2 aliphatic rings. The minimum absolute atomic E-state index is 0.240. The number of sulfonamides is 1. The van der Waals surface area contributed by atoms with Gasteiger partial charge in [-0.25, -0.2) is 8.42 Å². The summed E-state index contributed by atoms with van der Waals surface area (Å²) in [5.41, 5.74) is 0.240. The maximum atomic E-state index is 12.4. The molecule has 1 aliphatic carbocycles. The minimum Gasteiger partial charge on any atom is -0.379 e. The first-order valence-corrected chi connectivity index (χ1v) is 8.46. The van der Waals surface area contributed by atoms with E-state index in [1.165, 1.54) is 33.4 Å². The molecular weight excluding hydrogens is 270 g/mol. The fourth-order valence-corrected chi connectivity index (χ4v) is 5.20. The molecule has 6 heteroatoms. The predicted octanol–water partition coefficient (Wildman–Crippen LogP) is 1.82. The Morgan fingerprint density at radius 3 is 2.56 bits per heavy atom. The maximum absolute atomic E-state index is 12.4. The molecule has 0 N–H and O–H groups in total. The molecule has 4 nitrogen and oxygen atoms in total. The summed E-state index contributed by atoms with van der Waals surface area (Å²) in [5.74, 6) is 0. The first-order chi connectivity index (χ1) is 8.52. The van der Waals surface area contributed by atoms with Crippen molar-refractivity contribution in [1.82, 2.24) is 4.31 Å². The molecule has 1 aliphatic heterocycles. The van der Waals surface area contributed by atoms with E-state index in [0.29, 0.717) is 30.5 Å². The summed E-state index contributed by atoms with van der Waals surface area (Å²) in [6.45, 7) is 4.12. The van der Waals surface area contributed by atoms with Gasteiger partial charge in [-0.3, -0.25) is 0 Å². The fourth-order valence-electron chi connectivity index (χ4n) is 2.13. The third-order valence-corrected chi connectivity index (χ3v) is 7.50. The van der Waals surface area contributed by atoms with Crippen LogP contribution < -0.4 is 0 Å². The van der Waals surface area contributed by atoms with Crippen LogP contribution in [-0.4, -0.2) is 39.0 Å². The fraction of sp³-hybridized carbons (Fsp3) is 0.667. The van der Waals surface area contributed by atoms with E-state index in [1.54, 1.807) is 6.07 Å². The zero-order chi connectivity index (χ0) is 12.8. The van der Waals surface area contributed by atoms with Crippen molar-refractivity contribution in [3.05, 3.63) is 17.0 Å². The third kappa shape index (κ3) is 2.11. The van der Waals surface area contributed by atoms with Crippen LogP contribution in [0.4, 0.5) is 0 Å². The quantitative estimate of drug-likeness (QED) is 0.852. The monoisotopic (exact) mass is 287 g/mol. The lowest BCUT2D eigenvalue weighted by atomic mass is 10.1. The van der Waals surface area contributed by atoms with Crippen LogP contribution in [-0.2, 0) is 20.2 Å². The molecule has 0 radical (unpaired) electrons. The van der Waals surface area contributed by atoms with Crippen molar-refractivity contribution in [3.63, 3.8) is 0 Å². The van der Waals surface area contributed by atoms with Crippen LogP contribution in [0.25, 0.3) is 0 Å². The molecule has 1 aromatic rings. The van der Waals surface area contributed by atoms with Crippen molar-refractivity contribution < 1.29 is 13.2 Å². The van der Waals surface area contributed by atoms with E-state index in [9.17, 15) is 8.42 Å². The summed E-state index contributed by atoms with van der Waals surface area (Å²) < 4.78 is 32.1. The predicted molar refractivity (Wildman–Crippen MR) is 70.5 cm³/mol. The Balaban J connectivity index is 1.86. The Bertz CT molecular complexity index is 539. The highest BCUT2D eigenvalue weighted by Crippen LogP contribution is 2.50. The Morgan fingerprint density at radius 2 is 1.94 bits per heavy atom. The van der Waals surface area contributed by atoms with Crippen LogP contribution in [0.15, 0.2) is 16.3 Å². The van der Waals surface area contributed by atoms with E-state index in [1.807, 2.05) is 6.07 Å². The average Bonchev–Trinajstić information content (AvgIpc) is 2.94. The first-order valence-electron chi connectivity index (χ1n) is 6.21. The molecule has 18 heavy (non-hydrogen) atoms. The largest absolute Gasteiger partial charge is 0.379 e. The van der Waals surface area contributed by atoms with Gasteiger partial charge in [-0.05, 0) is 25.0 Å². The van der Waals surface area contributed by atoms with Crippen LogP contribution in [0.2, 0.25) is 0 Å². The van der Waals surface area contributed by atoms with Gasteiger partial charge in [-0.1, -0.05) is 6.92 Å². The molecule has 2 fully saturated rings. The lowest BCUT2D eigenvalue weighted by Gasteiger charge is -2.25. The summed E-state index contributed by atoms with van der Waals surface area (Å²) in [6.07, 6.45) is 2.34. The zero-order valence-electron chi connectivity index (χ0n) is 10.4. The smallest absolute Gasteiger partial charge is 0.252 e. The first kappa shape index (κ1) is 12.6. The molecule has 0 unspecified atom stereocenters. The Kier molecular flexibility index (Phi) is 3.01. The zero-order valence-corrected chi connectivity index (χ0v) is 12.0. The Morgan fingerprint density at radius 1 is 1.28 bits per heavy atom. The van der Waals surface area contributed by atoms with Crippen molar-refractivity contribution in [2.45, 2.75) is 29.4 Å². The standard InChI is InChI=1S/C12H17NO3S2/c1-12(4-5-12)10-2-3-11(17-10)18(14,15)13-6-8-16-9-7-13/h2-3H,4-9H2,1H3. The Labute approximate surface area is 112 Å². The second kappa shape index (κ2) is 4.30. The molecular formula is C12H17NO3S2. The van der Waals surface area contributed by atoms with Crippen molar-refractivity contribution in [3.8, 4) is 0 Å². The molecule has 0 aromatic carbocycles. The molecule has 3 rings (SSSR count). The van der Waals surface area contributed by atoms with Crippen LogP contribution in [0.5, 0.6) is 0 Å². The summed E-state index contributed by atoms with van der Waals surface area (Å²) in [6, 6.07) is 3.74. The van der Waals surface area contributed by atoms with Gasteiger partial charge < -0.3 is 4.74 Å². The summed E-state index contributed by atoms with van der Waals surface area (Å²) in [5, 5.41) is 0. The second-order valence-electron chi connectivity index (χ2n) is 5.20. The van der Waals surface area contributed by atoms with E-state index >= 15 is 0 Å². The van der Waals surface area contributed by atoms with Gasteiger partial charge in [0.15, 0.2) is 0 Å². The number of ether oxygens (including phenoxy) is 1. The molecule has 0 bridgehead atoms. The number of nitrogens with zero attached hydrogens (tertiary/aromatic N) is 1. The van der Waals surface area contributed by atoms with Crippen molar-refractivity contribution >= 4 is 21.4 Å². The van der Waals surface area contributed by atoms with Crippen LogP contribution >= 0.6 is 11.3 Å². The van der Waals surface area contributed by atoms with E-state index in [-0.39, 0.29) is 5.41 Å². The van der Waals surface area contributed by atoms with Crippen LogP contribution in [0, 0.1) is 0 Å². The van der Waals surface area contributed by atoms with Gasteiger partial charge in [-0.2, -0.15) is 4.31 Å². The van der Waals surface area contributed by atoms with Crippen molar-refractivity contribution in [2.75, 3.05) is 26.3 Å². The SMILES string of the molecule is CC1(c2ccc(S(=O)(=O)N3CCOCC3)s2)CC1. The van der Waals surface area contributed by atoms with Gasteiger partial charge in [0.05, 0.1) is 13.2 Å². The van der Waals surface area contributed by atoms with Gasteiger partial charge in [0.1, 0.15) is 4.21 Å².